The van der Waals surface area contributed by atoms with Gasteiger partial charge in [-0.2, -0.15) is 0 Å². The van der Waals surface area contributed by atoms with Crippen molar-refractivity contribution in [2.45, 2.75) is 0 Å². The second-order valence-corrected chi connectivity index (χ2v) is 21.9. The molecule has 0 aliphatic rings. The summed E-state index contributed by atoms with van der Waals surface area (Å²) in [6.45, 7) is 0. The fourth-order valence-electron chi connectivity index (χ4n) is 12.0. The van der Waals surface area contributed by atoms with E-state index in [1.807, 2.05) is 11.3 Å². The van der Waals surface area contributed by atoms with Gasteiger partial charge in [-0.15, -0.1) is 11.3 Å². The number of hydrogen-bond donors (Lipinski definition) is 0. The molecule has 4 heteroatoms. The maximum atomic E-state index is 2.49. The minimum Gasteiger partial charge on any atom is -0.310 e. The normalized spacial score (nSPS) is 11.4. The minimum absolute atomic E-state index is 1.03. The standard InChI is InChI=1S/C78H53N3S/c1-6-20-54(21-7-1)58-34-42-64(43-35-58)79(65-44-36-59(37-45-65)55-22-8-2-9-23-55)68-50-62(72-53-73-70-30-16-18-32-74(70)81(63-28-14-5-15-29-63)77(73)76-71-31-17-19-33-75(71)82-78(72)76)51-69(52-68)80(66-46-38-60(39-47-66)56-24-10-3-11-25-56)67-48-40-61(41-49-67)57-26-12-4-13-27-57/h1-53H. The van der Waals surface area contributed by atoms with Crippen molar-refractivity contribution in [2.24, 2.45) is 0 Å². The topological polar surface area (TPSA) is 11.4 Å². The van der Waals surface area contributed by atoms with Crippen LogP contribution < -0.4 is 9.80 Å². The molecule has 0 atom stereocenters. The Morgan fingerprint density at radius 1 is 0.256 bits per heavy atom. The van der Waals surface area contributed by atoms with E-state index in [0.717, 1.165) is 67.6 Å². The lowest BCUT2D eigenvalue weighted by atomic mass is 9.96. The Hall–Kier alpha value is -10.5. The molecule has 386 valence electrons. The Labute approximate surface area is 481 Å². The smallest absolute Gasteiger partial charge is 0.0634 e. The molecule has 0 aliphatic carbocycles. The van der Waals surface area contributed by atoms with Crippen molar-refractivity contribution < 1.29 is 0 Å². The molecular weight excluding hydrogens is 1010 g/mol. The molecule has 2 aromatic heterocycles. The number of nitrogens with zero attached hydrogens (tertiary/aromatic N) is 3. The predicted octanol–water partition coefficient (Wildman–Crippen LogP) is 22.4. The van der Waals surface area contributed by atoms with Crippen molar-refractivity contribution in [1.82, 2.24) is 4.57 Å². The lowest BCUT2D eigenvalue weighted by Gasteiger charge is -2.31. The summed E-state index contributed by atoms with van der Waals surface area (Å²) in [5.74, 6) is 0. The van der Waals surface area contributed by atoms with Gasteiger partial charge in [0.1, 0.15) is 0 Å². The van der Waals surface area contributed by atoms with Crippen molar-refractivity contribution in [3.05, 3.63) is 322 Å². The van der Waals surface area contributed by atoms with Gasteiger partial charge in [-0.1, -0.05) is 224 Å². The summed E-state index contributed by atoms with van der Waals surface area (Å²) in [7, 11) is 0. The SMILES string of the molecule is c1ccc(-c2ccc(N(c3ccc(-c4ccccc4)cc3)c3cc(-c4cc5c6ccccc6n(-c6ccccc6)c5c5c4sc4ccccc45)cc(N(c4ccc(-c5ccccc5)cc4)c4ccc(-c5ccccc5)cc4)c3)cc2)cc1. The van der Waals surface area contributed by atoms with E-state index in [1.54, 1.807) is 0 Å². The van der Waals surface area contributed by atoms with Crippen LogP contribution in [0.15, 0.2) is 322 Å². The first-order valence-electron chi connectivity index (χ1n) is 28.0. The molecule has 3 nitrogen and oxygen atoms in total. The maximum absolute atomic E-state index is 2.49. The molecule has 82 heavy (non-hydrogen) atoms. The van der Waals surface area contributed by atoms with Crippen LogP contribution in [0.25, 0.3) is 103 Å². The number of anilines is 6. The van der Waals surface area contributed by atoms with Crippen molar-refractivity contribution in [2.75, 3.05) is 9.80 Å². The summed E-state index contributed by atoms with van der Waals surface area (Å²) in [5.41, 5.74) is 21.5. The van der Waals surface area contributed by atoms with E-state index in [4.69, 9.17) is 0 Å². The first kappa shape index (κ1) is 48.6. The van der Waals surface area contributed by atoms with Crippen LogP contribution in [0.4, 0.5) is 34.1 Å². The highest BCUT2D eigenvalue weighted by Gasteiger charge is 2.25. The third kappa shape index (κ3) is 8.89. The van der Waals surface area contributed by atoms with Gasteiger partial charge in [-0.3, -0.25) is 0 Å². The monoisotopic (exact) mass is 1060 g/mol. The molecule has 0 radical (unpaired) electrons. The van der Waals surface area contributed by atoms with E-state index in [-0.39, 0.29) is 0 Å². The van der Waals surface area contributed by atoms with Gasteiger partial charge in [0.25, 0.3) is 0 Å². The zero-order chi connectivity index (χ0) is 54.3. The zero-order valence-electron chi connectivity index (χ0n) is 44.8. The molecular formula is C78H53N3S. The second-order valence-electron chi connectivity index (χ2n) is 20.9. The van der Waals surface area contributed by atoms with Gasteiger partial charge in [0.15, 0.2) is 0 Å². The third-order valence-electron chi connectivity index (χ3n) is 16.0. The molecule has 15 rings (SSSR count). The van der Waals surface area contributed by atoms with E-state index in [2.05, 4.69) is 336 Å². The van der Waals surface area contributed by atoms with Gasteiger partial charge >= 0.3 is 0 Å². The van der Waals surface area contributed by atoms with Crippen LogP contribution in [-0.4, -0.2) is 4.57 Å². The molecule has 0 saturated carbocycles. The van der Waals surface area contributed by atoms with E-state index < -0.39 is 0 Å². The average molecular weight is 1060 g/mol. The highest BCUT2D eigenvalue weighted by atomic mass is 32.1. The maximum Gasteiger partial charge on any atom is 0.0634 e. The number of para-hydroxylation sites is 2. The summed E-state index contributed by atoms with van der Waals surface area (Å²) in [6, 6.07) is 117. The molecule has 0 amide bonds. The van der Waals surface area contributed by atoms with E-state index in [0.29, 0.717) is 0 Å². The molecule has 15 aromatic rings. The fourth-order valence-corrected chi connectivity index (χ4v) is 13.3. The van der Waals surface area contributed by atoms with Gasteiger partial charge in [0.2, 0.25) is 0 Å². The highest BCUT2D eigenvalue weighted by Crippen LogP contribution is 2.51. The number of aromatic nitrogens is 1. The lowest BCUT2D eigenvalue weighted by Crippen LogP contribution is -2.14. The average Bonchev–Trinajstić information content (AvgIpc) is 2.88. The van der Waals surface area contributed by atoms with Crippen LogP contribution in [-0.2, 0) is 0 Å². The largest absolute Gasteiger partial charge is 0.310 e. The predicted molar refractivity (Wildman–Crippen MR) is 350 cm³/mol. The van der Waals surface area contributed by atoms with Crippen LogP contribution in [0.2, 0.25) is 0 Å². The van der Waals surface area contributed by atoms with E-state index in [1.165, 1.54) is 69.8 Å². The molecule has 2 heterocycles. The summed E-state index contributed by atoms with van der Waals surface area (Å²) in [5, 5.41) is 4.94. The number of thiophene rings is 1. The molecule has 0 fully saturated rings. The van der Waals surface area contributed by atoms with Crippen LogP contribution in [0.5, 0.6) is 0 Å². The molecule has 0 unspecified atom stereocenters. The van der Waals surface area contributed by atoms with Crippen molar-refractivity contribution in [3.8, 4) is 61.3 Å². The summed E-state index contributed by atoms with van der Waals surface area (Å²) >= 11 is 1.88. The van der Waals surface area contributed by atoms with Gasteiger partial charge in [0, 0.05) is 76.3 Å². The van der Waals surface area contributed by atoms with Crippen LogP contribution >= 0.6 is 11.3 Å². The van der Waals surface area contributed by atoms with Crippen molar-refractivity contribution >= 4 is 87.4 Å². The molecule has 0 N–H and O–H groups in total. The van der Waals surface area contributed by atoms with Crippen molar-refractivity contribution in [3.63, 3.8) is 0 Å². The Bertz CT molecular complexity index is 4370. The Morgan fingerprint density at radius 2 is 0.610 bits per heavy atom. The lowest BCUT2D eigenvalue weighted by molar-refractivity contribution is 1.19. The van der Waals surface area contributed by atoms with E-state index >= 15 is 0 Å². The first-order chi connectivity index (χ1) is 40.7. The van der Waals surface area contributed by atoms with E-state index in [9.17, 15) is 0 Å². The molecule has 0 bridgehead atoms. The highest BCUT2D eigenvalue weighted by molar-refractivity contribution is 7.26. The quantitative estimate of drug-likeness (QED) is 0.121. The molecule has 13 aromatic carbocycles. The van der Waals surface area contributed by atoms with Crippen molar-refractivity contribution in [1.29, 1.82) is 0 Å². The number of benzene rings is 13. The number of hydrogen-bond acceptors (Lipinski definition) is 3. The Morgan fingerprint density at radius 3 is 1.04 bits per heavy atom. The molecule has 0 spiro atoms. The number of fused-ring (bicyclic) bond motifs is 7. The second kappa shape index (κ2) is 20.9. The summed E-state index contributed by atoms with van der Waals surface area (Å²) in [6.07, 6.45) is 0. The number of rotatable bonds is 12. The van der Waals surface area contributed by atoms with Gasteiger partial charge < -0.3 is 14.4 Å². The van der Waals surface area contributed by atoms with Crippen LogP contribution in [0.3, 0.4) is 0 Å². The minimum atomic E-state index is 1.03. The Balaban J connectivity index is 1.02. The fraction of sp³-hybridized carbons (Fsp3) is 0. The zero-order valence-corrected chi connectivity index (χ0v) is 45.7. The summed E-state index contributed by atoms with van der Waals surface area (Å²) in [4.78, 5) is 4.88. The van der Waals surface area contributed by atoms with Crippen LogP contribution in [0, 0.1) is 0 Å². The molecule has 0 aliphatic heterocycles. The first-order valence-corrected chi connectivity index (χ1v) is 28.8. The van der Waals surface area contributed by atoms with Gasteiger partial charge in [0.05, 0.1) is 11.0 Å². The van der Waals surface area contributed by atoms with Crippen LogP contribution in [0.1, 0.15) is 0 Å². The Kier molecular flexibility index (Phi) is 12.4. The summed E-state index contributed by atoms with van der Waals surface area (Å²) < 4.78 is 4.98. The third-order valence-corrected chi connectivity index (χ3v) is 17.2. The van der Waals surface area contributed by atoms with Gasteiger partial charge in [-0.25, -0.2) is 0 Å². The van der Waals surface area contributed by atoms with Gasteiger partial charge in [-0.05, 0) is 147 Å². The molecule has 0 saturated heterocycles.